The minimum atomic E-state index is -0.662. The average molecular weight is 333 g/mol. The van der Waals surface area contributed by atoms with Gasteiger partial charge in [0.15, 0.2) is 0 Å². The number of aromatic amines is 1. The number of aliphatic hydroxyl groups is 1. The van der Waals surface area contributed by atoms with Crippen LogP contribution in [0.2, 0.25) is 0 Å². The number of furan rings is 1. The molecule has 1 unspecified atom stereocenters. The number of aliphatic hydroxyl groups excluding tert-OH is 1. The molecule has 0 saturated heterocycles. The molecule has 0 aliphatic rings. The maximum atomic E-state index is 12.5. The molecule has 0 aliphatic carbocycles. The predicted molar refractivity (Wildman–Crippen MR) is 88.4 cm³/mol. The first-order valence-corrected chi connectivity index (χ1v) is 7.73. The molecule has 7 nitrogen and oxygen atoms in total. The standard InChI is InChI=1S/C17H23N3O4/c1-10-15(12(3)21)11(2)19-16(10)17(23)20(4)9-14(22)18-8-13-6-5-7-24-13/h5-7,12,19,21H,8-9H2,1-4H3,(H,18,22). The van der Waals surface area contributed by atoms with E-state index in [4.69, 9.17) is 4.42 Å². The topological polar surface area (TPSA) is 98.6 Å². The lowest BCUT2D eigenvalue weighted by molar-refractivity contribution is -0.121. The van der Waals surface area contributed by atoms with Gasteiger partial charge in [-0.3, -0.25) is 9.59 Å². The van der Waals surface area contributed by atoms with Gasteiger partial charge in [-0.2, -0.15) is 0 Å². The Morgan fingerprint density at radius 1 is 1.42 bits per heavy atom. The number of H-pyrrole nitrogens is 1. The van der Waals surface area contributed by atoms with Crippen molar-refractivity contribution in [2.24, 2.45) is 0 Å². The highest BCUT2D eigenvalue weighted by atomic mass is 16.3. The summed E-state index contributed by atoms with van der Waals surface area (Å²) < 4.78 is 5.14. The number of carbonyl (C=O) groups excluding carboxylic acids is 2. The summed E-state index contributed by atoms with van der Waals surface area (Å²) in [5.74, 6) is 0.0734. The fraction of sp³-hybridized carbons (Fsp3) is 0.412. The number of likely N-dealkylation sites (N-methyl/N-ethyl adjacent to an activating group) is 1. The fourth-order valence-electron chi connectivity index (χ4n) is 2.74. The number of carbonyl (C=O) groups is 2. The van der Waals surface area contributed by atoms with Gasteiger partial charge < -0.3 is 24.7 Å². The van der Waals surface area contributed by atoms with Crippen LogP contribution in [0.4, 0.5) is 0 Å². The van der Waals surface area contributed by atoms with Crippen LogP contribution in [-0.2, 0) is 11.3 Å². The molecule has 7 heteroatoms. The second-order valence-corrected chi connectivity index (χ2v) is 5.86. The molecule has 24 heavy (non-hydrogen) atoms. The van der Waals surface area contributed by atoms with Crippen LogP contribution in [0, 0.1) is 13.8 Å². The maximum Gasteiger partial charge on any atom is 0.270 e. The lowest BCUT2D eigenvalue weighted by Gasteiger charge is -2.16. The van der Waals surface area contributed by atoms with Gasteiger partial charge in [0.25, 0.3) is 5.91 Å². The molecule has 2 rings (SSSR count). The molecule has 2 heterocycles. The predicted octanol–water partition coefficient (Wildman–Crippen LogP) is 1.67. The van der Waals surface area contributed by atoms with Crippen LogP contribution >= 0.6 is 0 Å². The summed E-state index contributed by atoms with van der Waals surface area (Å²) >= 11 is 0. The molecule has 0 fully saturated rings. The molecule has 130 valence electrons. The number of nitrogens with one attached hydrogen (secondary N) is 2. The molecular formula is C17H23N3O4. The molecular weight excluding hydrogens is 310 g/mol. The van der Waals surface area contributed by atoms with Crippen molar-refractivity contribution in [1.29, 1.82) is 0 Å². The van der Waals surface area contributed by atoms with Crippen molar-refractivity contribution in [2.45, 2.75) is 33.4 Å². The maximum absolute atomic E-state index is 12.5. The van der Waals surface area contributed by atoms with Crippen LogP contribution in [0.5, 0.6) is 0 Å². The number of hydrogen-bond acceptors (Lipinski definition) is 4. The average Bonchev–Trinajstić information content (AvgIpc) is 3.12. The Morgan fingerprint density at radius 3 is 2.67 bits per heavy atom. The van der Waals surface area contributed by atoms with E-state index in [1.165, 1.54) is 11.2 Å². The number of aromatic nitrogens is 1. The van der Waals surface area contributed by atoms with E-state index in [0.29, 0.717) is 22.6 Å². The third-order valence-electron chi connectivity index (χ3n) is 3.89. The van der Waals surface area contributed by atoms with Gasteiger partial charge >= 0.3 is 0 Å². The van der Waals surface area contributed by atoms with E-state index in [-0.39, 0.29) is 24.9 Å². The largest absolute Gasteiger partial charge is 0.467 e. The minimum Gasteiger partial charge on any atom is -0.467 e. The van der Waals surface area contributed by atoms with E-state index in [9.17, 15) is 14.7 Å². The Kier molecular flexibility index (Phi) is 5.46. The Labute approximate surface area is 140 Å². The molecule has 0 spiro atoms. The Hall–Kier alpha value is -2.54. The van der Waals surface area contributed by atoms with Crippen LogP contribution in [-0.4, -0.2) is 40.4 Å². The molecule has 0 radical (unpaired) electrons. The highest BCUT2D eigenvalue weighted by molar-refractivity contribution is 5.96. The number of nitrogens with zero attached hydrogens (tertiary/aromatic N) is 1. The Balaban J connectivity index is 1.99. The number of aryl methyl sites for hydroxylation is 1. The van der Waals surface area contributed by atoms with Gasteiger partial charge in [0.1, 0.15) is 11.5 Å². The zero-order valence-electron chi connectivity index (χ0n) is 14.3. The molecule has 2 aromatic rings. The molecule has 1 atom stereocenters. The van der Waals surface area contributed by atoms with Gasteiger partial charge in [-0.25, -0.2) is 0 Å². The van der Waals surface area contributed by atoms with E-state index in [1.54, 1.807) is 33.0 Å². The van der Waals surface area contributed by atoms with Gasteiger partial charge in [-0.15, -0.1) is 0 Å². The second kappa shape index (κ2) is 7.35. The van der Waals surface area contributed by atoms with Gasteiger partial charge in [0.2, 0.25) is 5.91 Å². The van der Waals surface area contributed by atoms with E-state index in [2.05, 4.69) is 10.3 Å². The third kappa shape index (κ3) is 3.86. The summed E-state index contributed by atoms with van der Waals surface area (Å²) in [6, 6.07) is 3.50. The first-order chi connectivity index (χ1) is 11.3. The van der Waals surface area contributed by atoms with E-state index < -0.39 is 6.10 Å². The van der Waals surface area contributed by atoms with E-state index >= 15 is 0 Å². The second-order valence-electron chi connectivity index (χ2n) is 5.86. The van der Waals surface area contributed by atoms with Gasteiger partial charge in [0, 0.05) is 18.3 Å². The van der Waals surface area contributed by atoms with Crippen LogP contribution in [0.25, 0.3) is 0 Å². The van der Waals surface area contributed by atoms with Crippen molar-refractivity contribution in [2.75, 3.05) is 13.6 Å². The van der Waals surface area contributed by atoms with Crippen LogP contribution < -0.4 is 5.32 Å². The smallest absolute Gasteiger partial charge is 0.270 e. The molecule has 3 N–H and O–H groups in total. The van der Waals surface area contributed by atoms with Crippen LogP contribution in [0.3, 0.4) is 0 Å². The number of hydrogen-bond donors (Lipinski definition) is 3. The minimum absolute atomic E-state index is 0.0684. The van der Waals surface area contributed by atoms with Crippen molar-refractivity contribution in [3.63, 3.8) is 0 Å². The van der Waals surface area contributed by atoms with Crippen molar-refractivity contribution >= 4 is 11.8 Å². The summed E-state index contributed by atoms with van der Waals surface area (Å²) in [5, 5.41) is 12.5. The van der Waals surface area contributed by atoms with Gasteiger partial charge in [-0.1, -0.05) is 0 Å². The molecule has 2 aromatic heterocycles. The zero-order valence-corrected chi connectivity index (χ0v) is 14.3. The van der Waals surface area contributed by atoms with Crippen molar-refractivity contribution < 1.29 is 19.1 Å². The van der Waals surface area contributed by atoms with Gasteiger partial charge in [0.05, 0.1) is 25.5 Å². The molecule has 2 amide bonds. The molecule has 0 bridgehead atoms. The normalized spacial score (nSPS) is 12.0. The Morgan fingerprint density at radius 2 is 2.12 bits per heavy atom. The van der Waals surface area contributed by atoms with E-state index in [1.807, 2.05) is 6.92 Å². The SMILES string of the molecule is Cc1[nH]c(C(=O)N(C)CC(=O)NCc2ccco2)c(C)c1C(C)O. The fourth-order valence-corrected chi connectivity index (χ4v) is 2.74. The van der Waals surface area contributed by atoms with E-state index in [0.717, 1.165) is 5.69 Å². The van der Waals surface area contributed by atoms with Crippen molar-refractivity contribution in [1.82, 2.24) is 15.2 Å². The third-order valence-corrected chi connectivity index (χ3v) is 3.89. The van der Waals surface area contributed by atoms with Gasteiger partial charge in [-0.05, 0) is 38.5 Å². The lowest BCUT2D eigenvalue weighted by Crippen LogP contribution is -2.38. The molecule has 0 saturated carbocycles. The van der Waals surface area contributed by atoms with Crippen molar-refractivity contribution in [3.8, 4) is 0 Å². The monoisotopic (exact) mass is 333 g/mol. The highest BCUT2D eigenvalue weighted by Crippen LogP contribution is 2.25. The highest BCUT2D eigenvalue weighted by Gasteiger charge is 2.23. The van der Waals surface area contributed by atoms with Crippen molar-refractivity contribution in [3.05, 3.63) is 46.7 Å². The zero-order chi connectivity index (χ0) is 17.9. The first kappa shape index (κ1) is 17.8. The molecule has 0 aromatic carbocycles. The number of rotatable bonds is 6. The Bertz CT molecular complexity index is 717. The summed E-state index contributed by atoms with van der Waals surface area (Å²) in [6.07, 6.45) is 0.873. The summed E-state index contributed by atoms with van der Waals surface area (Å²) in [7, 11) is 1.56. The van der Waals surface area contributed by atoms with Crippen LogP contribution in [0.1, 0.15) is 46.1 Å². The lowest BCUT2D eigenvalue weighted by atomic mass is 10.1. The first-order valence-electron chi connectivity index (χ1n) is 7.73. The quantitative estimate of drug-likeness (QED) is 0.749. The summed E-state index contributed by atoms with van der Waals surface area (Å²) in [4.78, 5) is 28.8. The van der Waals surface area contributed by atoms with Crippen LogP contribution in [0.15, 0.2) is 22.8 Å². The summed E-state index contributed by atoms with van der Waals surface area (Å²) in [5.41, 5.74) is 2.57. The molecule has 0 aliphatic heterocycles. The number of amides is 2. The summed E-state index contributed by atoms with van der Waals surface area (Å²) in [6.45, 7) is 5.45.